The first-order valence-electron chi connectivity index (χ1n) is 10.7. The Kier molecular flexibility index (Phi) is 5.87. The molecule has 1 aliphatic rings. The molecule has 1 aliphatic heterocycles. The average Bonchev–Trinajstić information content (AvgIpc) is 3.50. The number of Topliss-reactive ketones (excluding diaryl/α,β-unsaturated/α-hetero) is 1. The van der Waals surface area contributed by atoms with Gasteiger partial charge < -0.3 is 14.2 Å². The highest BCUT2D eigenvalue weighted by Crippen LogP contribution is 2.32. The van der Waals surface area contributed by atoms with E-state index in [-0.39, 0.29) is 11.7 Å². The van der Waals surface area contributed by atoms with Gasteiger partial charge in [0.05, 0.1) is 0 Å². The molecule has 8 nitrogen and oxygen atoms in total. The molecular weight excluding hydrogens is 438 g/mol. The Hall–Kier alpha value is -3.59. The van der Waals surface area contributed by atoms with Crippen molar-refractivity contribution in [2.24, 2.45) is 0 Å². The smallest absolute Gasteiger partial charge is 0.290 e. The number of nitrogens with one attached hydrogen (secondary N) is 1. The lowest BCUT2D eigenvalue weighted by Crippen LogP contribution is -2.48. The molecule has 4 aromatic rings. The van der Waals surface area contributed by atoms with Crippen LogP contribution in [0.4, 0.5) is 5.69 Å². The summed E-state index contributed by atoms with van der Waals surface area (Å²) in [6, 6.07) is 15.4. The molecule has 3 heterocycles. The molecular formula is C24H23N5O3S. The number of benzene rings is 2. The number of nitrogens with zero attached hydrogens (tertiary/aromatic N) is 4. The number of hydrogen-bond donors (Lipinski definition) is 1. The van der Waals surface area contributed by atoms with Crippen molar-refractivity contribution in [3.05, 3.63) is 71.7 Å². The summed E-state index contributed by atoms with van der Waals surface area (Å²) in [6.07, 6.45) is 1.47. The molecule has 168 valence electrons. The first-order valence-corrected chi connectivity index (χ1v) is 11.7. The van der Waals surface area contributed by atoms with Gasteiger partial charge in [0.25, 0.3) is 5.91 Å². The van der Waals surface area contributed by atoms with Gasteiger partial charge in [-0.25, -0.2) is 4.98 Å². The number of ketones is 1. The molecule has 0 spiro atoms. The third-order valence-corrected chi connectivity index (χ3v) is 6.75. The fourth-order valence-corrected chi connectivity index (χ4v) is 4.84. The minimum atomic E-state index is -0.0917. The number of rotatable bonds is 6. The molecule has 0 unspecified atom stereocenters. The van der Waals surface area contributed by atoms with Crippen LogP contribution in [0.2, 0.25) is 0 Å². The Morgan fingerprint density at radius 2 is 1.82 bits per heavy atom. The molecule has 1 N–H and O–H groups in total. The number of anilines is 1. The number of fused-ring (bicyclic) bond motifs is 1. The van der Waals surface area contributed by atoms with E-state index < -0.39 is 0 Å². The van der Waals surface area contributed by atoms with E-state index in [2.05, 4.69) is 20.1 Å². The maximum absolute atomic E-state index is 13.4. The van der Waals surface area contributed by atoms with Crippen molar-refractivity contribution in [1.82, 2.24) is 20.1 Å². The summed E-state index contributed by atoms with van der Waals surface area (Å²) < 4.78 is 6.03. The summed E-state index contributed by atoms with van der Waals surface area (Å²) >= 11 is 1.49. The van der Waals surface area contributed by atoms with Crippen LogP contribution >= 0.6 is 11.8 Å². The van der Waals surface area contributed by atoms with E-state index in [0.717, 1.165) is 16.6 Å². The van der Waals surface area contributed by atoms with Gasteiger partial charge in [-0.15, -0.1) is 0 Å². The zero-order chi connectivity index (χ0) is 22.8. The number of furan rings is 1. The number of piperazine rings is 1. The summed E-state index contributed by atoms with van der Waals surface area (Å²) in [6.45, 7) is 4.19. The van der Waals surface area contributed by atoms with Crippen LogP contribution < -0.4 is 4.90 Å². The number of aromatic nitrogens is 3. The standard InChI is InChI=1S/C24H23N5O3S/c1-16(30)17-6-8-18(9-7-17)28-10-12-29(13-11-28)23(31)22-20(14-33-24-25-15-26-27-24)19-4-2-3-5-21(19)32-22/h2-9,15H,10-14H2,1H3,(H,25,26,27). The Morgan fingerprint density at radius 3 is 2.52 bits per heavy atom. The third-order valence-electron chi connectivity index (χ3n) is 5.84. The molecule has 0 saturated carbocycles. The highest BCUT2D eigenvalue weighted by Gasteiger charge is 2.28. The van der Waals surface area contributed by atoms with Crippen LogP contribution in [0.3, 0.4) is 0 Å². The number of aromatic amines is 1. The van der Waals surface area contributed by atoms with E-state index >= 15 is 0 Å². The van der Waals surface area contributed by atoms with Gasteiger partial charge in [-0.3, -0.25) is 14.7 Å². The predicted octanol–water partition coefficient (Wildman–Crippen LogP) is 4.01. The Labute approximate surface area is 195 Å². The second-order valence-electron chi connectivity index (χ2n) is 7.87. The fourth-order valence-electron chi connectivity index (χ4n) is 4.04. The lowest BCUT2D eigenvalue weighted by molar-refractivity contribution is 0.0715. The molecule has 0 radical (unpaired) electrons. The number of hydrogen-bond acceptors (Lipinski definition) is 7. The largest absolute Gasteiger partial charge is 0.451 e. The maximum Gasteiger partial charge on any atom is 0.290 e. The Morgan fingerprint density at radius 1 is 1.06 bits per heavy atom. The molecule has 2 aromatic heterocycles. The number of para-hydroxylation sites is 1. The summed E-state index contributed by atoms with van der Waals surface area (Å²) in [5.74, 6) is 0.906. The number of carbonyl (C=O) groups excluding carboxylic acids is 2. The highest BCUT2D eigenvalue weighted by molar-refractivity contribution is 7.98. The highest BCUT2D eigenvalue weighted by atomic mass is 32.2. The van der Waals surface area contributed by atoms with Crippen LogP contribution in [-0.4, -0.2) is 58.0 Å². The minimum Gasteiger partial charge on any atom is -0.451 e. The summed E-state index contributed by atoms with van der Waals surface area (Å²) in [4.78, 5) is 33.2. The van der Waals surface area contributed by atoms with Gasteiger partial charge in [-0.2, -0.15) is 5.10 Å². The fraction of sp³-hybridized carbons (Fsp3) is 0.250. The van der Waals surface area contributed by atoms with Gasteiger partial charge in [0.15, 0.2) is 16.7 Å². The SMILES string of the molecule is CC(=O)c1ccc(N2CCN(C(=O)c3oc4ccccc4c3CSc3ncn[nH]3)CC2)cc1. The molecule has 9 heteroatoms. The second-order valence-corrected chi connectivity index (χ2v) is 8.83. The molecule has 1 fully saturated rings. The maximum atomic E-state index is 13.4. The second kappa shape index (κ2) is 9.11. The normalized spacial score (nSPS) is 14.1. The molecule has 33 heavy (non-hydrogen) atoms. The van der Waals surface area contributed by atoms with E-state index in [1.807, 2.05) is 53.4 Å². The Bertz CT molecular complexity index is 1280. The van der Waals surface area contributed by atoms with Gasteiger partial charge in [0, 0.05) is 54.1 Å². The molecule has 1 amide bonds. The van der Waals surface area contributed by atoms with Crippen molar-refractivity contribution in [3.8, 4) is 0 Å². The van der Waals surface area contributed by atoms with Crippen LogP contribution in [0.25, 0.3) is 11.0 Å². The van der Waals surface area contributed by atoms with Crippen molar-refractivity contribution in [1.29, 1.82) is 0 Å². The topological polar surface area (TPSA) is 95.3 Å². The van der Waals surface area contributed by atoms with Crippen LogP contribution in [-0.2, 0) is 5.75 Å². The van der Waals surface area contributed by atoms with E-state index in [1.54, 1.807) is 6.92 Å². The number of amides is 1. The van der Waals surface area contributed by atoms with Crippen LogP contribution in [0.15, 0.2) is 64.4 Å². The van der Waals surface area contributed by atoms with Gasteiger partial charge in [-0.05, 0) is 37.3 Å². The van der Waals surface area contributed by atoms with Crippen LogP contribution in [0, 0.1) is 0 Å². The van der Waals surface area contributed by atoms with Crippen LogP contribution in [0.1, 0.15) is 33.4 Å². The number of H-pyrrole nitrogens is 1. The van der Waals surface area contributed by atoms with Crippen molar-refractivity contribution < 1.29 is 14.0 Å². The summed E-state index contributed by atoms with van der Waals surface area (Å²) in [7, 11) is 0. The lowest BCUT2D eigenvalue weighted by Gasteiger charge is -2.36. The minimum absolute atomic E-state index is 0.0556. The molecule has 2 aromatic carbocycles. The third kappa shape index (κ3) is 4.36. The summed E-state index contributed by atoms with van der Waals surface area (Å²) in [5.41, 5.74) is 3.34. The van der Waals surface area contributed by atoms with Gasteiger partial charge >= 0.3 is 0 Å². The molecule has 0 atom stereocenters. The van der Waals surface area contributed by atoms with Crippen molar-refractivity contribution in [2.75, 3.05) is 31.1 Å². The number of carbonyl (C=O) groups is 2. The average molecular weight is 462 g/mol. The zero-order valence-corrected chi connectivity index (χ0v) is 19.0. The lowest BCUT2D eigenvalue weighted by atomic mass is 10.1. The first-order chi connectivity index (χ1) is 16.1. The Balaban J connectivity index is 1.32. The van der Waals surface area contributed by atoms with E-state index in [1.165, 1.54) is 18.1 Å². The van der Waals surface area contributed by atoms with E-state index in [0.29, 0.717) is 54.0 Å². The van der Waals surface area contributed by atoms with Crippen molar-refractivity contribution in [3.63, 3.8) is 0 Å². The van der Waals surface area contributed by atoms with Gasteiger partial charge in [-0.1, -0.05) is 30.0 Å². The quantitative estimate of drug-likeness (QED) is 0.342. The van der Waals surface area contributed by atoms with Crippen LogP contribution in [0.5, 0.6) is 0 Å². The van der Waals surface area contributed by atoms with E-state index in [9.17, 15) is 9.59 Å². The zero-order valence-electron chi connectivity index (χ0n) is 18.2. The monoisotopic (exact) mass is 461 g/mol. The molecule has 5 rings (SSSR count). The number of thioether (sulfide) groups is 1. The van der Waals surface area contributed by atoms with Gasteiger partial charge in [0.2, 0.25) is 0 Å². The van der Waals surface area contributed by atoms with E-state index in [4.69, 9.17) is 4.42 Å². The summed E-state index contributed by atoms with van der Waals surface area (Å²) in [5, 5.41) is 8.36. The van der Waals surface area contributed by atoms with Crippen molar-refractivity contribution in [2.45, 2.75) is 17.8 Å². The molecule has 0 bridgehead atoms. The van der Waals surface area contributed by atoms with Crippen molar-refractivity contribution >= 4 is 40.1 Å². The first kappa shape index (κ1) is 21.3. The molecule has 1 saturated heterocycles. The van der Waals surface area contributed by atoms with Gasteiger partial charge in [0.1, 0.15) is 11.9 Å². The predicted molar refractivity (Wildman–Crippen MR) is 127 cm³/mol. The molecule has 0 aliphatic carbocycles.